The summed E-state index contributed by atoms with van der Waals surface area (Å²) in [6.45, 7) is 5.41. The lowest BCUT2D eigenvalue weighted by atomic mass is 10.1. The molecular weight excluding hydrogens is 268 g/mol. The fourth-order valence-corrected chi connectivity index (χ4v) is 2.31. The largest absolute Gasteiger partial charge is 0.303 e. The van der Waals surface area contributed by atoms with Crippen LogP contribution in [0.3, 0.4) is 0 Å². The molecular formula is C17H21ClN2. The molecule has 0 aliphatic heterocycles. The molecule has 1 aromatic carbocycles. The predicted octanol–water partition coefficient (Wildman–Crippen LogP) is 3.84. The maximum Gasteiger partial charge on any atom is 0.0416 e. The Bertz CT molecular complexity index is 496. The highest BCUT2D eigenvalue weighted by atomic mass is 35.5. The van der Waals surface area contributed by atoms with E-state index in [1.165, 1.54) is 5.56 Å². The van der Waals surface area contributed by atoms with Crippen molar-refractivity contribution in [3.63, 3.8) is 0 Å². The third-order valence-corrected chi connectivity index (χ3v) is 3.74. The van der Waals surface area contributed by atoms with Gasteiger partial charge in [0, 0.05) is 36.4 Å². The van der Waals surface area contributed by atoms with Crippen molar-refractivity contribution >= 4 is 11.6 Å². The Kier molecular flexibility index (Phi) is 6.03. The molecule has 2 nitrogen and oxygen atoms in total. The van der Waals surface area contributed by atoms with Gasteiger partial charge in [-0.25, -0.2) is 0 Å². The van der Waals surface area contributed by atoms with Gasteiger partial charge in [-0.15, -0.1) is 0 Å². The van der Waals surface area contributed by atoms with Crippen molar-refractivity contribution in [2.75, 3.05) is 19.6 Å². The Morgan fingerprint density at radius 3 is 2.40 bits per heavy atom. The minimum absolute atomic E-state index is 0.802. The molecule has 1 heterocycles. The number of aromatic nitrogens is 1. The van der Waals surface area contributed by atoms with Crippen molar-refractivity contribution in [1.82, 2.24) is 9.88 Å². The number of halogens is 1. The Morgan fingerprint density at radius 1 is 1.00 bits per heavy atom. The van der Waals surface area contributed by atoms with Crippen LogP contribution in [0.15, 0.2) is 48.7 Å². The lowest BCUT2D eigenvalue weighted by Gasteiger charge is -2.20. The molecule has 1 aromatic heterocycles. The molecule has 106 valence electrons. The highest BCUT2D eigenvalue weighted by Gasteiger charge is 2.04. The summed E-state index contributed by atoms with van der Waals surface area (Å²) in [6.07, 6.45) is 3.93. The van der Waals surface area contributed by atoms with Crippen molar-refractivity contribution in [1.29, 1.82) is 0 Å². The molecule has 0 aliphatic carbocycles. The van der Waals surface area contributed by atoms with Gasteiger partial charge < -0.3 is 4.90 Å². The monoisotopic (exact) mass is 288 g/mol. The van der Waals surface area contributed by atoms with Gasteiger partial charge in [-0.2, -0.15) is 0 Å². The van der Waals surface area contributed by atoms with E-state index >= 15 is 0 Å². The SMILES string of the molecule is CCN(CCc1ccc(Cl)cc1)CCc1ccccn1. The highest BCUT2D eigenvalue weighted by Crippen LogP contribution is 2.10. The minimum Gasteiger partial charge on any atom is -0.303 e. The number of benzene rings is 1. The molecule has 0 unspecified atom stereocenters. The van der Waals surface area contributed by atoms with Gasteiger partial charge in [0.25, 0.3) is 0 Å². The lowest BCUT2D eigenvalue weighted by molar-refractivity contribution is 0.294. The van der Waals surface area contributed by atoms with Crippen molar-refractivity contribution < 1.29 is 0 Å². The quantitative estimate of drug-likeness (QED) is 0.769. The fourth-order valence-electron chi connectivity index (χ4n) is 2.18. The number of pyridine rings is 1. The summed E-state index contributed by atoms with van der Waals surface area (Å²) in [5.74, 6) is 0. The molecule has 3 heteroatoms. The summed E-state index contributed by atoms with van der Waals surface area (Å²) in [5, 5.41) is 0.802. The Morgan fingerprint density at radius 2 is 1.75 bits per heavy atom. The molecule has 0 radical (unpaired) electrons. The van der Waals surface area contributed by atoms with E-state index in [1.54, 1.807) is 0 Å². The third-order valence-electron chi connectivity index (χ3n) is 3.49. The number of nitrogens with zero attached hydrogens (tertiary/aromatic N) is 2. The Balaban J connectivity index is 1.79. The van der Waals surface area contributed by atoms with E-state index in [9.17, 15) is 0 Å². The lowest BCUT2D eigenvalue weighted by Crippen LogP contribution is -2.28. The van der Waals surface area contributed by atoms with Gasteiger partial charge in [-0.1, -0.05) is 36.7 Å². The molecule has 0 saturated carbocycles. The number of hydrogen-bond acceptors (Lipinski definition) is 2. The highest BCUT2D eigenvalue weighted by molar-refractivity contribution is 6.30. The van der Waals surface area contributed by atoms with Crippen molar-refractivity contribution in [3.05, 3.63) is 64.9 Å². The van der Waals surface area contributed by atoms with Crippen LogP contribution in [0.25, 0.3) is 0 Å². The standard InChI is InChI=1S/C17H21ClN2/c1-2-20(14-11-17-5-3-4-12-19-17)13-10-15-6-8-16(18)9-7-15/h3-9,12H,2,10-11,13-14H2,1H3. The summed E-state index contributed by atoms with van der Waals surface area (Å²) in [6, 6.07) is 14.2. The van der Waals surface area contributed by atoms with Gasteiger partial charge in [0.1, 0.15) is 0 Å². The topological polar surface area (TPSA) is 16.1 Å². The second-order valence-corrected chi connectivity index (χ2v) is 5.32. The molecule has 0 spiro atoms. The van der Waals surface area contributed by atoms with E-state index in [1.807, 2.05) is 30.5 Å². The average molecular weight is 289 g/mol. The van der Waals surface area contributed by atoms with Crippen LogP contribution in [-0.2, 0) is 12.8 Å². The second-order valence-electron chi connectivity index (χ2n) is 4.88. The smallest absolute Gasteiger partial charge is 0.0416 e. The minimum atomic E-state index is 0.802. The van der Waals surface area contributed by atoms with Crippen LogP contribution in [0.4, 0.5) is 0 Å². The van der Waals surface area contributed by atoms with Gasteiger partial charge in [0.05, 0.1) is 0 Å². The number of rotatable bonds is 7. The molecule has 0 atom stereocenters. The van der Waals surface area contributed by atoms with Gasteiger partial charge in [0.2, 0.25) is 0 Å². The van der Waals surface area contributed by atoms with E-state index in [0.717, 1.165) is 43.2 Å². The van der Waals surface area contributed by atoms with Crippen molar-refractivity contribution in [2.45, 2.75) is 19.8 Å². The molecule has 0 amide bonds. The maximum absolute atomic E-state index is 5.90. The van der Waals surface area contributed by atoms with Crippen LogP contribution < -0.4 is 0 Å². The first-order valence-corrected chi connectivity index (χ1v) is 7.52. The zero-order valence-corrected chi connectivity index (χ0v) is 12.7. The molecule has 20 heavy (non-hydrogen) atoms. The Labute approximate surface area is 126 Å². The first-order chi connectivity index (χ1) is 9.78. The van der Waals surface area contributed by atoms with Gasteiger partial charge in [-0.05, 0) is 42.8 Å². The molecule has 0 aliphatic rings. The van der Waals surface area contributed by atoms with Crippen LogP contribution in [-0.4, -0.2) is 29.5 Å². The number of hydrogen-bond donors (Lipinski definition) is 0. The molecule has 0 saturated heterocycles. The number of likely N-dealkylation sites (N-methyl/N-ethyl adjacent to an activating group) is 1. The van der Waals surface area contributed by atoms with Gasteiger partial charge >= 0.3 is 0 Å². The van der Waals surface area contributed by atoms with Crippen molar-refractivity contribution in [2.24, 2.45) is 0 Å². The molecule has 0 bridgehead atoms. The summed E-state index contributed by atoms with van der Waals surface area (Å²) >= 11 is 5.90. The molecule has 0 fully saturated rings. The first-order valence-electron chi connectivity index (χ1n) is 7.14. The van der Waals surface area contributed by atoms with Gasteiger partial charge in [-0.3, -0.25) is 4.98 Å². The summed E-state index contributed by atoms with van der Waals surface area (Å²) in [5.41, 5.74) is 2.50. The van der Waals surface area contributed by atoms with E-state index < -0.39 is 0 Å². The molecule has 2 rings (SSSR count). The third kappa shape index (κ3) is 4.95. The summed E-state index contributed by atoms with van der Waals surface area (Å²) in [7, 11) is 0. The molecule has 0 N–H and O–H groups in total. The summed E-state index contributed by atoms with van der Waals surface area (Å²) < 4.78 is 0. The van der Waals surface area contributed by atoms with Crippen LogP contribution >= 0.6 is 11.6 Å². The first kappa shape index (κ1) is 15.0. The fraction of sp³-hybridized carbons (Fsp3) is 0.353. The normalized spacial score (nSPS) is 10.9. The second kappa shape index (κ2) is 8.03. The average Bonchev–Trinajstić information content (AvgIpc) is 2.50. The van der Waals surface area contributed by atoms with E-state index in [4.69, 9.17) is 11.6 Å². The zero-order valence-electron chi connectivity index (χ0n) is 11.9. The Hall–Kier alpha value is -1.38. The maximum atomic E-state index is 5.90. The van der Waals surface area contributed by atoms with Gasteiger partial charge in [0.15, 0.2) is 0 Å². The van der Waals surface area contributed by atoms with Crippen LogP contribution in [0, 0.1) is 0 Å². The molecule has 2 aromatic rings. The van der Waals surface area contributed by atoms with E-state index in [0.29, 0.717) is 0 Å². The van der Waals surface area contributed by atoms with E-state index in [2.05, 4.69) is 35.0 Å². The van der Waals surface area contributed by atoms with E-state index in [-0.39, 0.29) is 0 Å². The van der Waals surface area contributed by atoms with Crippen LogP contribution in [0.2, 0.25) is 5.02 Å². The summed E-state index contributed by atoms with van der Waals surface area (Å²) in [4.78, 5) is 6.83. The van der Waals surface area contributed by atoms with Crippen molar-refractivity contribution in [3.8, 4) is 0 Å². The zero-order chi connectivity index (χ0) is 14.2. The van der Waals surface area contributed by atoms with Crippen LogP contribution in [0.1, 0.15) is 18.2 Å². The van der Waals surface area contributed by atoms with Crippen LogP contribution in [0.5, 0.6) is 0 Å². The predicted molar refractivity (Wildman–Crippen MR) is 85.2 cm³/mol.